The predicted molar refractivity (Wildman–Crippen MR) is 252 cm³/mol. The number of ether oxygens (including phenoxy) is 9. The van der Waals surface area contributed by atoms with E-state index in [1.807, 2.05) is 0 Å². The Balaban J connectivity index is 2.19. The summed E-state index contributed by atoms with van der Waals surface area (Å²) in [5.74, 6) is -3.11. The lowest BCUT2D eigenvalue weighted by atomic mass is 10.0. The van der Waals surface area contributed by atoms with Crippen LogP contribution in [-0.4, -0.2) is 205 Å². The van der Waals surface area contributed by atoms with Gasteiger partial charge < -0.3 is 79.8 Å². The van der Waals surface area contributed by atoms with Crippen molar-refractivity contribution in [3.05, 3.63) is 47.2 Å². The summed E-state index contributed by atoms with van der Waals surface area (Å²) < 4.78 is 48.9. The van der Waals surface area contributed by atoms with Crippen molar-refractivity contribution in [1.29, 1.82) is 0 Å². The van der Waals surface area contributed by atoms with Gasteiger partial charge in [-0.3, -0.25) is 24.0 Å². The summed E-state index contributed by atoms with van der Waals surface area (Å²) in [4.78, 5) is 79.6. The number of primary amides is 1. The number of nitrogens with two attached hydrogens (primary N) is 1. The largest absolute Gasteiger partial charge is 0.379 e. The van der Waals surface area contributed by atoms with E-state index in [1.54, 1.807) is 38.1 Å². The fourth-order valence-corrected chi connectivity index (χ4v) is 5.52. The van der Waals surface area contributed by atoms with Gasteiger partial charge in [-0.2, -0.15) is 0 Å². The van der Waals surface area contributed by atoms with Gasteiger partial charge in [-0.05, 0) is 48.9 Å². The molecule has 2 atom stereocenters. The number of rotatable bonds is 44. The van der Waals surface area contributed by atoms with E-state index in [0.717, 1.165) is 10.5 Å². The van der Waals surface area contributed by atoms with Crippen LogP contribution in [-0.2, 0) is 66.6 Å². The molecule has 1 aromatic carbocycles. The van der Waals surface area contributed by atoms with Gasteiger partial charge in [0.15, 0.2) is 0 Å². The van der Waals surface area contributed by atoms with Crippen molar-refractivity contribution < 1.29 is 71.4 Å². The molecule has 0 unspecified atom stereocenters. The molecule has 0 heterocycles. The van der Waals surface area contributed by atoms with Crippen molar-refractivity contribution in [1.82, 2.24) is 26.2 Å². The first-order valence-corrected chi connectivity index (χ1v) is 22.9. The van der Waals surface area contributed by atoms with Crippen LogP contribution in [0, 0.1) is 12.8 Å². The van der Waals surface area contributed by atoms with Gasteiger partial charge in [0.2, 0.25) is 29.5 Å². The first kappa shape index (κ1) is 61.8. The highest BCUT2D eigenvalue weighted by Gasteiger charge is 2.29. The maximum Gasteiger partial charge on any atom is 0.312 e. The number of nitrogens with one attached hydrogen (secondary N) is 5. The predicted octanol–water partition coefficient (Wildman–Crippen LogP) is 0.306. The Morgan fingerprint density at radius 2 is 1.13 bits per heavy atom. The highest BCUT2D eigenvalue weighted by atomic mass is 16.6. The molecule has 391 valence electrons. The van der Waals surface area contributed by atoms with Gasteiger partial charge in [0.1, 0.15) is 12.1 Å². The van der Waals surface area contributed by atoms with Gasteiger partial charge in [-0.1, -0.05) is 31.1 Å². The standard InChI is InChI=1S/C44H75N10O15/c1-34(2)41(43(59)51-37(6-5-12-47-44(45)60)42(58)48-32-40(57)54(4)33-39(56)50-36-9-7-35(3)8-10-36)52-38(55)11-14-61-16-18-63-20-22-65-24-26-67-28-30-69-31-29-68-27-25-66-23-21-64-19-17-62-15-13-49-53-46/h7-10,34,37,41H,3,5-6,11-33H2,1-2,4H3,(H,48,58)(H,50,56)(H,51,59)(H,52,55)(H3,45,47,60)/t37-,41-/m0/s1. The Hall–Kier alpha value is -5.21. The molecule has 1 radical (unpaired) electrons. The summed E-state index contributed by atoms with van der Waals surface area (Å²) in [7, 11) is 1.41. The van der Waals surface area contributed by atoms with Crippen LogP contribution in [0.25, 0.3) is 10.4 Å². The number of nitrogens with zero attached hydrogens (tertiary/aromatic N) is 4. The number of anilines is 1. The molecule has 7 N–H and O–H groups in total. The van der Waals surface area contributed by atoms with Gasteiger partial charge in [0.05, 0.1) is 132 Å². The Labute approximate surface area is 404 Å². The molecule has 0 fully saturated rings. The number of amides is 7. The number of carbonyl (C=O) groups excluding carboxylic acids is 6. The van der Waals surface area contributed by atoms with Crippen molar-refractivity contribution in [2.45, 2.75) is 45.2 Å². The van der Waals surface area contributed by atoms with E-state index in [2.05, 4.69) is 43.5 Å². The van der Waals surface area contributed by atoms with E-state index in [-0.39, 0.29) is 58.1 Å². The highest BCUT2D eigenvalue weighted by Crippen LogP contribution is 2.09. The first-order valence-electron chi connectivity index (χ1n) is 22.9. The van der Waals surface area contributed by atoms with Crippen LogP contribution in [0.15, 0.2) is 29.4 Å². The molecule has 0 bridgehead atoms. The van der Waals surface area contributed by atoms with Crippen molar-refractivity contribution in [2.75, 3.05) is 157 Å². The zero-order valence-electron chi connectivity index (χ0n) is 40.4. The monoisotopic (exact) mass is 984 g/mol. The minimum absolute atomic E-state index is 0.0350. The summed E-state index contributed by atoms with van der Waals surface area (Å²) in [6.07, 6.45) is 0.288. The average molecular weight is 984 g/mol. The van der Waals surface area contributed by atoms with E-state index in [0.29, 0.717) is 111 Å². The molecule has 0 aliphatic rings. The molecule has 0 aliphatic heterocycles. The molecule has 1 rings (SSSR count). The first-order chi connectivity index (χ1) is 33.3. The van der Waals surface area contributed by atoms with Crippen LogP contribution >= 0.6 is 0 Å². The third-order valence-corrected chi connectivity index (χ3v) is 9.17. The second-order valence-electron chi connectivity index (χ2n) is 15.2. The van der Waals surface area contributed by atoms with Crippen molar-refractivity contribution in [3.63, 3.8) is 0 Å². The van der Waals surface area contributed by atoms with Gasteiger partial charge >= 0.3 is 6.03 Å². The second-order valence-corrected chi connectivity index (χ2v) is 15.2. The molecule has 1 aromatic rings. The van der Waals surface area contributed by atoms with E-state index in [9.17, 15) is 28.8 Å². The second kappa shape index (κ2) is 41.7. The van der Waals surface area contributed by atoms with Crippen molar-refractivity contribution in [2.24, 2.45) is 16.8 Å². The average Bonchev–Trinajstić information content (AvgIpc) is 3.31. The fraction of sp³-hybridized carbons (Fsp3) is 0.705. The summed E-state index contributed by atoms with van der Waals surface area (Å²) >= 11 is 0. The van der Waals surface area contributed by atoms with Crippen LogP contribution < -0.4 is 32.3 Å². The van der Waals surface area contributed by atoms with Gasteiger partial charge in [0.25, 0.3) is 0 Å². The van der Waals surface area contributed by atoms with Crippen LogP contribution in [0.2, 0.25) is 0 Å². The summed E-state index contributed by atoms with van der Waals surface area (Å²) in [6, 6.07) is 3.93. The zero-order chi connectivity index (χ0) is 50.7. The topological polar surface area (TPSA) is 324 Å². The highest BCUT2D eigenvalue weighted by molar-refractivity contribution is 5.96. The van der Waals surface area contributed by atoms with Crippen LogP contribution in [0.5, 0.6) is 0 Å². The normalized spacial score (nSPS) is 11.8. The summed E-state index contributed by atoms with van der Waals surface area (Å²) in [5, 5.41) is 16.3. The molecule has 0 saturated heterocycles. The Kier molecular flexibility index (Phi) is 37.4. The molecule has 7 amide bonds. The maximum atomic E-state index is 13.4. The summed E-state index contributed by atoms with van der Waals surface area (Å²) in [6.45, 7) is 13.8. The third-order valence-electron chi connectivity index (χ3n) is 9.17. The van der Waals surface area contributed by atoms with Gasteiger partial charge in [0, 0.05) is 37.2 Å². The number of likely N-dealkylation sites (N-methyl/N-ethyl adjacent to an activating group) is 1. The summed E-state index contributed by atoms with van der Waals surface area (Å²) in [5.41, 5.74) is 14.6. The Morgan fingerprint density at radius 3 is 1.58 bits per heavy atom. The number of azide groups is 1. The van der Waals surface area contributed by atoms with E-state index in [4.69, 9.17) is 53.9 Å². The smallest absolute Gasteiger partial charge is 0.312 e. The minimum Gasteiger partial charge on any atom is -0.379 e. The third kappa shape index (κ3) is 35.5. The van der Waals surface area contributed by atoms with Crippen molar-refractivity contribution >= 4 is 41.3 Å². The maximum absolute atomic E-state index is 13.4. The van der Waals surface area contributed by atoms with E-state index < -0.39 is 54.2 Å². The minimum atomic E-state index is -1.13. The zero-order valence-corrected chi connectivity index (χ0v) is 40.4. The number of hydrogen-bond donors (Lipinski definition) is 6. The molecule has 69 heavy (non-hydrogen) atoms. The van der Waals surface area contributed by atoms with E-state index in [1.165, 1.54) is 7.05 Å². The molecule has 0 aromatic heterocycles. The molecular formula is C44H75N10O15. The number of carbonyl (C=O) groups is 6. The number of benzene rings is 1. The van der Waals surface area contributed by atoms with Crippen LogP contribution in [0.3, 0.4) is 0 Å². The fourth-order valence-electron chi connectivity index (χ4n) is 5.52. The number of hydrogen-bond acceptors (Lipinski definition) is 16. The Bertz CT molecular complexity index is 1620. The van der Waals surface area contributed by atoms with E-state index >= 15 is 0 Å². The number of urea groups is 1. The molecule has 25 heteroatoms. The SMILES string of the molecule is [CH2]c1ccc(NC(=O)CN(C)C(=O)CNC(=O)[C@H](CCCNC(N)=O)NC(=O)[C@@H](NC(=O)CCOCCOCCOCCOCCOCCOCCOCCOCCOCCN=[N+]=[N-])C(C)C)cc1. The lowest BCUT2D eigenvalue weighted by Gasteiger charge is -2.25. The molecule has 0 aliphatic carbocycles. The molecule has 25 nitrogen and oxygen atoms in total. The lowest BCUT2D eigenvalue weighted by Crippen LogP contribution is -2.56. The molecule has 0 spiro atoms. The lowest BCUT2D eigenvalue weighted by molar-refractivity contribution is -0.135. The van der Waals surface area contributed by atoms with Gasteiger partial charge in [-0.25, -0.2) is 4.79 Å². The van der Waals surface area contributed by atoms with Crippen LogP contribution in [0.4, 0.5) is 10.5 Å². The molecule has 0 saturated carbocycles. The Morgan fingerprint density at radius 1 is 0.667 bits per heavy atom. The van der Waals surface area contributed by atoms with Gasteiger partial charge in [-0.15, -0.1) is 0 Å². The van der Waals surface area contributed by atoms with Crippen molar-refractivity contribution in [3.8, 4) is 0 Å². The van der Waals surface area contributed by atoms with Crippen LogP contribution in [0.1, 0.15) is 38.7 Å². The molecular weight excluding hydrogens is 909 g/mol. The quantitative estimate of drug-likeness (QED) is 0.0222.